The summed E-state index contributed by atoms with van der Waals surface area (Å²) in [6.07, 6.45) is 1.20. The summed E-state index contributed by atoms with van der Waals surface area (Å²) in [5.74, 6) is -0.102. The van der Waals surface area contributed by atoms with Gasteiger partial charge in [-0.15, -0.1) is 0 Å². The van der Waals surface area contributed by atoms with Crippen LogP contribution in [0.2, 0.25) is 0 Å². The SMILES string of the molecule is [C-]#[N+]C(C)(C)c1ccc(-c2c(C(=O)N3CCN(S(C)(=O)=O)CC3)ccc3ccccc23)cc1. The number of benzene rings is 3. The van der Waals surface area contributed by atoms with Crippen LogP contribution in [0.5, 0.6) is 0 Å². The van der Waals surface area contributed by atoms with Crippen LogP contribution in [0.4, 0.5) is 0 Å². The van der Waals surface area contributed by atoms with Gasteiger partial charge in [-0.1, -0.05) is 54.6 Å². The molecule has 0 unspecified atom stereocenters. The zero-order valence-electron chi connectivity index (χ0n) is 19.1. The van der Waals surface area contributed by atoms with Crippen LogP contribution in [-0.4, -0.2) is 56.0 Å². The van der Waals surface area contributed by atoms with Crippen molar-refractivity contribution in [3.8, 4) is 11.1 Å². The lowest BCUT2D eigenvalue weighted by molar-refractivity contribution is 0.0699. The van der Waals surface area contributed by atoms with Crippen molar-refractivity contribution >= 4 is 26.7 Å². The predicted octanol–water partition coefficient (Wildman–Crippen LogP) is 4.38. The molecule has 1 fully saturated rings. The van der Waals surface area contributed by atoms with E-state index in [0.29, 0.717) is 31.7 Å². The van der Waals surface area contributed by atoms with Crippen molar-refractivity contribution < 1.29 is 13.2 Å². The first-order valence-electron chi connectivity index (χ1n) is 10.9. The van der Waals surface area contributed by atoms with Crippen LogP contribution in [0.3, 0.4) is 0 Å². The van der Waals surface area contributed by atoms with Crippen molar-refractivity contribution in [2.75, 3.05) is 32.4 Å². The Morgan fingerprint density at radius 1 is 0.939 bits per heavy atom. The average Bonchev–Trinajstić information content (AvgIpc) is 2.82. The van der Waals surface area contributed by atoms with Crippen LogP contribution in [0.25, 0.3) is 26.7 Å². The Bertz CT molecular complexity index is 1350. The lowest BCUT2D eigenvalue weighted by Crippen LogP contribution is -2.50. The number of sulfonamides is 1. The molecule has 1 amide bonds. The fourth-order valence-electron chi connectivity index (χ4n) is 4.26. The molecule has 1 aliphatic rings. The van der Waals surface area contributed by atoms with E-state index in [1.807, 2.05) is 74.5 Å². The molecule has 0 N–H and O–H groups in total. The van der Waals surface area contributed by atoms with Gasteiger partial charge >= 0.3 is 0 Å². The van der Waals surface area contributed by atoms with Crippen molar-refractivity contribution in [2.45, 2.75) is 19.4 Å². The Balaban J connectivity index is 1.75. The minimum atomic E-state index is -3.26. The van der Waals surface area contributed by atoms with E-state index < -0.39 is 15.6 Å². The first-order chi connectivity index (χ1) is 15.6. The average molecular weight is 462 g/mol. The molecule has 0 atom stereocenters. The van der Waals surface area contributed by atoms with Gasteiger partial charge in [0.1, 0.15) is 0 Å². The topological polar surface area (TPSA) is 62.1 Å². The predicted molar refractivity (Wildman–Crippen MR) is 131 cm³/mol. The van der Waals surface area contributed by atoms with E-state index in [4.69, 9.17) is 6.57 Å². The molecule has 0 aromatic heterocycles. The summed E-state index contributed by atoms with van der Waals surface area (Å²) >= 11 is 0. The van der Waals surface area contributed by atoms with E-state index in [1.165, 1.54) is 10.6 Å². The van der Waals surface area contributed by atoms with Gasteiger partial charge in [-0.05, 0) is 22.4 Å². The van der Waals surface area contributed by atoms with Gasteiger partial charge in [-0.2, -0.15) is 4.31 Å². The van der Waals surface area contributed by atoms with Gasteiger partial charge in [0.25, 0.3) is 11.4 Å². The maximum atomic E-state index is 13.6. The normalized spacial score (nSPS) is 15.4. The van der Waals surface area contributed by atoms with E-state index in [-0.39, 0.29) is 5.91 Å². The van der Waals surface area contributed by atoms with Gasteiger partial charge in [0.2, 0.25) is 10.0 Å². The lowest BCUT2D eigenvalue weighted by atomic mass is 9.89. The third kappa shape index (κ3) is 4.50. The zero-order valence-corrected chi connectivity index (χ0v) is 19.9. The number of amides is 1. The molecule has 0 spiro atoms. The number of rotatable bonds is 4. The van der Waals surface area contributed by atoms with Crippen molar-refractivity contribution in [1.82, 2.24) is 9.21 Å². The van der Waals surface area contributed by atoms with Crippen molar-refractivity contribution in [1.29, 1.82) is 0 Å². The second-order valence-electron chi connectivity index (χ2n) is 8.91. The minimum Gasteiger partial charge on any atom is -0.336 e. The largest absolute Gasteiger partial charge is 0.336 e. The minimum absolute atomic E-state index is 0.102. The third-order valence-electron chi connectivity index (χ3n) is 6.31. The molecule has 3 aromatic carbocycles. The summed E-state index contributed by atoms with van der Waals surface area (Å²) in [4.78, 5) is 19.0. The third-order valence-corrected chi connectivity index (χ3v) is 7.62. The van der Waals surface area contributed by atoms with Gasteiger partial charge in [-0.3, -0.25) is 4.79 Å². The summed E-state index contributed by atoms with van der Waals surface area (Å²) in [6.45, 7) is 12.5. The molecule has 1 saturated heterocycles. The number of nitrogens with zero attached hydrogens (tertiary/aromatic N) is 3. The molecule has 0 radical (unpaired) electrons. The smallest absolute Gasteiger partial charge is 0.254 e. The van der Waals surface area contributed by atoms with Gasteiger partial charge in [0.05, 0.1) is 6.26 Å². The van der Waals surface area contributed by atoms with Crippen LogP contribution in [0, 0.1) is 6.57 Å². The molecule has 7 heteroatoms. The fraction of sp³-hybridized carbons (Fsp3) is 0.308. The number of carbonyl (C=O) groups excluding carboxylic acids is 1. The maximum Gasteiger partial charge on any atom is 0.254 e. The highest BCUT2D eigenvalue weighted by molar-refractivity contribution is 7.88. The molecular weight excluding hydrogens is 434 g/mol. The number of hydrogen-bond acceptors (Lipinski definition) is 3. The summed E-state index contributed by atoms with van der Waals surface area (Å²) in [5, 5.41) is 2.02. The molecule has 0 aliphatic carbocycles. The molecule has 3 aromatic rings. The number of carbonyl (C=O) groups is 1. The second-order valence-corrected chi connectivity index (χ2v) is 10.9. The summed E-state index contributed by atoms with van der Waals surface area (Å²) in [7, 11) is -3.26. The number of piperazine rings is 1. The van der Waals surface area contributed by atoms with Crippen molar-refractivity contribution in [3.05, 3.63) is 83.2 Å². The summed E-state index contributed by atoms with van der Waals surface area (Å²) in [6, 6.07) is 19.6. The van der Waals surface area contributed by atoms with E-state index in [2.05, 4.69) is 4.85 Å². The second kappa shape index (κ2) is 8.62. The Labute approximate surface area is 195 Å². The molecule has 0 bridgehead atoms. The summed E-state index contributed by atoms with van der Waals surface area (Å²) < 4.78 is 25.1. The molecule has 6 nitrogen and oxygen atoms in total. The van der Waals surface area contributed by atoms with Crippen molar-refractivity contribution in [3.63, 3.8) is 0 Å². The molecule has 1 heterocycles. The Kier molecular flexibility index (Phi) is 6.00. The van der Waals surface area contributed by atoms with Crippen molar-refractivity contribution in [2.24, 2.45) is 0 Å². The Morgan fingerprint density at radius 2 is 1.58 bits per heavy atom. The Hall–Kier alpha value is -3.21. The van der Waals surface area contributed by atoms with Gasteiger partial charge < -0.3 is 9.74 Å². The van der Waals surface area contributed by atoms with Crippen LogP contribution in [0.1, 0.15) is 29.8 Å². The van der Waals surface area contributed by atoms with Gasteiger partial charge in [-0.25, -0.2) is 15.0 Å². The highest BCUT2D eigenvalue weighted by atomic mass is 32.2. The molecular formula is C26H27N3O3S. The standard InChI is InChI=1S/C26H27N3O3S/c1-26(2,27-3)21-12-9-20(10-13-21)24-22-8-6-5-7-19(22)11-14-23(24)25(30)28-15-17-29(18-16-28)33(4,31)32/h5-14H,15-18H2,1-2,4H3. The molecule has 1 aliphatic heterocycles. The number of fused-ring (bicyclic) bond motifs is 1. The highest BCUT2D eigenvalue weighted by Gasteiger charge is 2.29. The van der Waals surface area contributed by atoms with Crippen LogP contribution >= 0.6 is 0 Å². The number of hydrogen-bond donors (Lipinski definition) is 0. The van der Waals surface area contributed by atoms with E-state index in [0.717, 1.165) is 27.5 Å². The van der Waals surface area contributed by atoms with E-state index in [1.54, 1.807) is 4.90 Å². The first-order valence-corrected chi connectivity index (χ1v) is 12.7. The molecule has 0 saturated carbocycles. The van der Waals surface area contributed by atoms with Crippen LogP contribution < -0.4 is 0 Å². The lowest BCUT2D eigenvalue weighted by Gasteiger charge is -2.33. The highest BCUT2D eigenvalue weighted by Crippen LogP contribution is 2.35. The van der Waals surface area contributed by atoms with E-state index >= 15 is 0 Å². The molecule has 33 heavy (non-hydrogen) atoms. The monoisotopic (exact) mass is 461 g/mol. The summed E-state index contributed by atoms with van der Waals surface area (Å²) in [5.41, 5.74) is 2.67. The zero-order chi connectivity index (χ0) is 23.8. The Morgan fingerprint density at radius 3 is 2.18 bits per heavy atom. The van der Waals surface area contributed by atoms with Gasteiger partial charge in [0, 0.05) is 56.7 Å². The van der Waals surface area contributed by atoms with Gasteiger partial charge in [0.15, 0.2) is 0 Å². The van der Waals surface area contributed by atoms with Crippen LogP contribution in [-0.2, 0) is 15.6 Å². The first kappa shape index (κ1) is 23.0. The molecule has 4 rings (SSSR count). The molecule has 170 valence electrons. The maximum absolute atomic E-state index is 13.6. The fourth-order valence-corrected chi connectivity index (χ4v) is 5.09. The van der Waals surface area contributed by atoms with Crippen LogP contribution in [0.15, 0.2) is 60.7 Å². The quantitative estimate of drug-likeness (QED) is 0.542. The van der Waals surface area contributed by atoms with E-state index in [9.17, 15) is 13.2 Å².